The third-order valence-corrected chi connectivity index (χ3v) is 2.61. The third-order valence-electron chi connectivity index (χ3n) is 2.61. The largest absolute Gasteiger partial charge is 0.497 e. The Hall–Kier alpha value is -1.39. The highest BCUT2D eigenvalue weighted by molar-refractivity contribution is 5.87. The maximum absolute atomic E-state index is 7.99. The smallest absolute Gasteiger partial charge is 0.118 e. The Bertz CT molecular complexity index is 335. The predicted octanol–water partition coefficient (Wildman–Crippen LogP) is 2.35. The molecule has 1 unspecified atom stereocenters. The van der Waals surface area contributed by atoms with E-state index in [1.165, 1.54) is 7.05 Å². The number of methoxy groups -OCH3 is 1. The molecule has 0 bridgehead atoms. The first kappa shape index (κ1) is 16.6. The third kappa shape index (κ3) is 4.85. The molecule has 102 valence electrons. The lowest BCUT2D eigenvalue weighted by Crippen LogP contribution is -2.24. The Balaban J connectivity index is 0.00000137. The van der Waals surface area contributed by atoms with Gasteiger partial charge in [0.15, 0.2) is 0 Å². The van der Waals surface area contributed by atoms with Crippen LogP contribution in [0, 0.1) is 5.41 Å². The van der Waals surface area contributed by atoms with E-state index in [0.29, 0.717) is 0 Å². The highest BCUT2D eigenvalue weighted by Gasteiger charge is 2.13. The van der Waals surface area contributed by atoms with E-state index in [2.05, 4.69) is 18.0 Å². The van der Waals surface area contributed by atoms with E-state index >= 15 is 0 Å². The number of ether oxygens (including phenoxy) is 1. The highest BCUT2D eigenvalue weighted by atomic mass is 16.5. The van der Waals surface area contributed by atoms with Crippen LogP contribution < -0.4 is 15.8 Å². The van der Waals surface area contributed by atoms with Crippen molar-refractivity contribution in [1.82, 2.24) is 5.32 Å². The molecular weight excluding hydrogens is 226 g/mol. The van der Waals surface area contributed by atoms with E-state index in [-0.39, 0.29) is 6.04 Å². The van der Waals surface area contributed by atoms with Gasteiger partial charge in [0.05, 0.1) is 13.2 Å². The van der Waals surface area contributed by atoms with E-state index in [1.54, 1.807) is 7.11 Å². The SMILES string of the molecule is CCCC(=N)C(NC)c1ccc(OC)cc1.CN. The second-order valence-electron chi connectivity index (χ2n) is 3.77. The van der Waals surface area contributed by atoms with E-state index in [9.17, 15) is 0 Å². The molecule has 1 aromatic rings. The fraction of sp³-hybridized carbons (Fsp3) is 0.500. The molecule has 4 heteroatoms. The Labute approximate surface area is 110 Å². The number of nitrogens with one attached hydrogen (secondary N) is 2. The molecule has 0 aliphatic rings. The molecule has 1 aromatic carbocycles. The summed E-state index contributed by atoms with van der Waals surface area (Å²) in [5.41, 5.74) is 6.34. The van der Waals surface area contributed by atoms with Crippen molar-refractivity contribution in [3.63, 3.8) is 0 Å². The first-order valence-electron chi connectivity index (χ1n) is 6.19. The van der Waals surface area contributed by atoms with Crippen molar-refractivity contribution in [2.45, 2.75) is 25.8 Å². The first-order chi connectivity index (χ1) is 8.72. The fourth-order valence-electron chi connectivity index (χ4n) is 1.75. The average Bonchev–Trinajstić information content (AvgIpc) is 2.43. The van der Waals surface area contributed by atoms with Gasteiger partial charge in [0, 0.05) is 5.71 Å². The molecule has 0 fully saturated rings. The zero-order valence-corrected chi connectivity index (χ0v) is 11.8. The summed E-state index contributed by atoms with van der Waals surface area (Å²) < 4.78 is 5.12. The Morgan fingerprint density at radius 3 is 2.28 bits per heavy atom. The molecule has 4 nitrogen and oxygen atoms in total. The van der Waals surface area contributed by atoms with Crippen LogP contribution in [-0.2, 0) is 0 Å². The van der Waals surface area contributed by atoms with Gasteiger partial charge >= 0.3 is 0 Å². The molecule has 0 aliphatic carbocycles. The lowest BCUT2D eigenvalue weighted by atomic mass is 9.99. The summed E-state index contributed by atoms with van der Waals surface area (Å²) >= 11 is 0. The van der Waals surface area contributed by atoms with Crippen LogP contribution in [0.25, 0.3) is 0 Å². The molecule has 1 rings (SSSR count). The van der Waals surface area contributed by atoms with Crippen LogP contribution in [0.15, 0.2) is 24.3 Å². The summed E-state index contributed by atoms with van der Waals surface area (Å²) in [7, 11) is 5.04. The van der Waals surface area contributed by atoms with Gasteiger partial charge in [0.2, 0.25) is 0 Å². The van der Waals surface area contributed by atoms with Crippen molar-refractivity contribution >= 4 is 5.71 Å². The number of rotatable bonds is 6. The number of hydrogen-bond acceptors (Lipinski definition) is 4. The lowest BCUT2D eigenvalue weighted by molar-refractivity contribution is 0.414. The molecule has 0 aromatic heterocycles. The van der Waals surface area contributed by atoms with Crippen LogP contribution >= 0.6 is 0 Å². The van der Waals surface area contributed by atoms with Crippen molar-refractivity contribution in [2.75, 3.05) is 21.2 Å². The van der Waals surface area contributed by atoms with Crippen molar-refractivity contribution in [2.24, 2.45) is 5.73 Å². The molecular formula is C14H25N3O. The molecule has 0 aliphatic heterocycles. The van der Waals surface area contributed by atoms with Gasteiger partial charge in [-0.25, -0.2) is 0 Å². The van der Waals surface area contributed by atoms with Crippen LogP contribution in [0.4, 0.5) is 0 Å². The predicted molar refractivity (Wildman–Crippen MR) is 77.5 cm³/mol. The van der Waals surface area contributed by atoms with Gasteiger partial charge in [-0.3, -0.25) is 0 Å². The number of benzene rings is 1. The maximum atomic E-state index is 7.99. The highest BCUT2D eigenvalue weighted by Crippen LogP contribution is 2.19. The van der Waals surface area contributed by atoms with Gasteiger partial charge in [-0.15, -0.1) is 0 Å². The molecule has 4 N–H and O–H groups in total. The van der Waals surface area contributed by atoms with E-state index < -0.39 is 0 Å². The summed E-state index contributed by atoms with van der Waals surface area (Å²) in [5, 5.41) is 11.2. The van der Waals surface area contributed by atoms with Gasteiger partial charge in [-0.05, 0) is 38.2 Å². The number of hydrogen-bond donors (Lipinski definition) is 3. The van der Waals surface area contributed by atoms with Crippen LogP contribution in [0.2, 0.25) is 0 Å². The van der Waals surface area contributed by atoms with Crippen LogP contribution in [0.3, 0.4) is 0 Å². The van der Waals surface area contributed by atoms with Crippen molar-refractivity contribution in [1.29, 1.82) is 5.41 Å². The average molecular weight is 251 g/mol. The molecule has 0 spiro atoms. The van der Waals surface area contributed by atoms with Crippen LogP contribution in [0.1, 0.15) is 31.4 Å². The zero-order chi connectivity index (χ0) is 14.0. The summed E-state index contributed by atoms with van der Waals surface area (Å²) in [6.07, 6.45) is 1.84. The molecule has 0 saturated heterocycles. The normalized spacial score (nSPS) is 11.2. The van der Waals surface area contributed by atoms with E-state index in [1.807, 2.05) is 31.3 Å². The van der Waals surface area contributed by atoms with E-state index in [0.717, 1.165) is 29.9 Å². The minimum Gasteiger partial charge on any atom is -0.497 e. The summed E-state index contributed by atoms with van der Waals surface area (Å²) in [6.45, 7) is 2.09. The Morgan fingerprint density at radius 1 is 1.33 bits per heavy atom. The second-order valence-corrected chi connectivity index (χ2v) is 3.77. The molecule has 0 amide bonds. The summed E-state index contributed by atoms with van der Waals surface area (Å²) in [5.74, 6) is 0.848. The van der Waals surface area contributed by atoms with Crippen LogP contribution in [-0.4, -0.2) is 26.9 Å². The molecule has 0 heterocycles. The summed E-state index contributed by atoms with van der Waals surface area (Å²) in [6, 6.07) is 7.89. The minimum absolute atomic E-state index is 0.0193. The Kier molecular flexibility index (Phi) is 8.88. The fourth-order valence-corrected chi connectivity index (χ4v) is 1.75. The molecule has 18 heavy (non-hydrogen) atoms. The summed E-state index contributed by atoms with van der Waals surface area (Å²) in [4.78, 5) is 0. The van der Waals surface area contributed by atoms with Crippen molar-refractivity contribution < 1.29 is 4.74 Å². The van der Waals surface area contributed by atoms with Gasteiger partial charge in [0.25, 0.3) is 0 Å². The minimum atomic E-state index is 0.0193. The van der Waals surface area contributed by atoms with E-state index in [4.69, 9.17) is 10.1 Å². The lowest BCUT2D eigenvalue weighted by Gasteiger charge is -2.17. The van der Waals surface area contributed by atoms with Crippen molar-refractivity contribution in [3.05, 3.63) is 29.8 Å². The topological polar surface area (TPSA) is 71.1 Å². The molecule has 0 saturated carbocycles. The van der Waals surface area contributed by atoms with Crippen LogP contribution in [0.5, 0.6) is 5.75 Å². The second kappa shape index (κ2) is 9.62. The standard InChI is InChI=1S/C13H20N2O.CH5N/c1-4-5-12(14)13(15-2)10-6-8-11(16-3)9-7-10;1-2/h6-9,13-15H,4-5H2,1-3H3;2H2,1H3. The van der Waals surface area contributed by atoms with Gasteiger partial charge in [0.1, 0.15) is 5.75 Å². The van der Waals surface area contributed by atoms with Gasteiger partial charge in [-0.2, -0.15) is 0 Å². The monoisotopic (exact) mass is 251 g/mol. The van der Waals surface area contributed by atoms with Gasteiger partial charge in [-0.1, -0.05) is 25.5 Å². The number of nitrogens with two attached hydrogens (primary N) is 1. The molecule has 1 atom stereocenters. The zero-order valence-electron chi connectivity index (χ0n) is 11.8. The first-order valence-corrected chi connectivity index (χ1v) is 6.19. The Morgan fingerprint density at radius 2 is 1.89 bits per heavy atom. The van der Waals surface area contributed by atoms with Gasteiger partial charge < -0.3 is 21.2 Å². The van der Waals surface area contributed by atoms with Crippen molar-refractivity contribution in [3.8, 4) is 5.75 Å². The quantitative estimate of drug-likeness (QED) is 0.680. The molecule has 0 radical (unpaired) electrons. The maximum Gasteiger partial charge on any atom is 0.118 e.